The van der Waals surface area contributed by atoms with E-state index >= 15 is 0 Å². The first-order chi connectivity index (χ1) is 12.2. The van der Waals surface area contributed by atoms with Gasteiger partial charge in [0.1, 0.15) is 5.82 Å². The molecule has 2 aromatic carbocycles. The first-order valence-corrected chi connectivity index (χ1v) is 8.59. The molecule has 2 N–H and O–H groups in total. The summed E-state index contributed by atoms with van der Waals surface area (Å²) in [6.07, 6.45) is -3.67. The lowest BCUT2D eigenvalue weighted by Crippen LogP contribution is -2.09. The van der Waals surface area contributed by atoms with E-state index in [1.807, 2.05) is 0 Å². The second kappa shape index (κ2) is 8.55. The molecular formula is C18H17F4NO2S. The molecule has 2 aromatic rings. The molecule has 0 bridgehead atoms. The quantitative estimate of drug-likeness (QED) is 0.395. The SMILES string of the molecule is Cc1ccc(SNCCCc2ccc(C(F)(F)F)c(F)c2)cc1C(=O)O. The predicted molar refractivity (Wildman–Crippen MR) is 91.7 cm³/mol. The second-order valence-corrected chi connectivity index (χ2v) is 6.66. The summed E-state index contributed by atoms with van der Waals surface area (Å²) in [5.41, 5.74) is 0.137. The van der Waals surface area contributed by atoms with Crippen LogP contribution in [-0.2, 0) is 12.6 Å². The van der Waals surface area contributed by atoms with Gasteiger partial charge >= 0.3 is 12.1 Å². The summed E-state index contributed by atoms with van der Waals surface area (Å²) in [6, 6.07) is 8.03. The third kappa shape index (κ3) is 5.47. The Hall–Kier alpha value is -2.06. The van der Waals surface area contributed by atoms with E-state index in [0.29, 0.717) is 30.5 Å². The lowest BCUT2D eigenvalue weighted by atomic mass is 10.1. The van der Waals surface area contributed by atoms with Gasteiger partial charge in [0, 0.05) is 11.4 Å². The van der Waals surface area contributed by atoms with E-state index < -0.39 is 23.5 Å². The normalized spacial score (nSPS) is 11.6. The molecule has 0 aliphatic carbocycles. The maximum Gasteiger partial charge on any atom is 0.419 e. The number of hydrogen-bond acceptors (Lipinski definition) is 3. The lowest BCUT2D eigenvalue weighted by Gasteiger charge is -2.10. The first-order valence-electron chi connectivity index (χ1n) is 7.78. The van der Waals surface area contributed by atoms with E-state index in [1.54, 1.807) is 25.1 Å². The van der Waals surface area contributed by atoms with Crippen LogP contribution in [0.3, 0.4) is 0 Å². The van der Waals surface area contributed by atoms with Crippen LogP contribution in [0.4, 0.5) is 17.6 Å². The Kier molecular flexibility index (Phi) is 6.66. The van der Waals surface area contributed by atoms with Crippen LogP contribution in [0.5, 0.6) is 0 Å². The van der Waals surface area contributed by atoms with E-state index in [9.17, 15) is 22.4 Å². The van der Waals surface area contributed by atoms with Crippen molar-refractivity contribution in [3.05, 3.63) is 64.5 Å². The van der Waals surface area contributed by atoms with Crippen molar-refractivity contribution in [1.29, 1.82) is 0 Å². The van der Waals surface area contributed by atoms with E-state index in [-0.39, 0.29) is 5.56 Å². The highest BCUT2D eigenvalue weighted by atomic mass is 32.2. The fourth-order valence-electron chi connectivity index (χ4n) is 2.34. The zero-order chi connectivity index (χ0) is 19.3. The molecule has 0 aromatic heterocycles. The van der Waals surface area contributed by atoms with Gasteiger partial charge in [-0.1, -0.05) is 12.1 Å². The van der Waals surface area contributed by atoms with Gasteiger partial charge in [-0.2, -0.15) is 13.2 Å². The molecule has 0 radical (unpaired) electrons. The molecule has 0 atom stereocenters. The largest absolute Gasteiger partial charge is 0.478 e. The third-order valence-corrected chi connectivity index (χ3v) is 4.55. The highest BCUT2D eigenvalue weighted by Gasteiger charge is 2.33. The monoisotopic (exact) mass is 387 g/mol. The van der Waals surface area contributed by atoms with Crippen molar-refractivity contribution in [2.24, 2.45) is 0 Å². The van der Waals surface area contributed by atoms with Crippen LogP contribution in [0.1, 0.15) is 33.5 Å². The summed E-state index contributed by atoms with van der Waals surface area (Å²) in [4.78, 5) is 11.8. The van der Waals surface area contributed by atoms with Gasteiger partial charge in [-0.25, -0.2) is 9.18 Å². The number of aromatic carboxylic acids is 1. The van der Waals surface area contributed by atoms with Crippen LogP contribution in [0.2, 0.25) is 0 Å². The molecule has 2 rings (SSSR count). The van der Waals surface area contributed by atoms with Gasteiger partial charge in [0.2, 0.25) is 0 Å². The molecule has 0 saturated carbocycles. The Balaban J connectivity index is 1.82. The predicted octanol–water partition coefficient (Wildman–Crippen LogP) is 5.08. The number of hydrogen-bond donors (Lipinski definition) is 2. The summed E-state index contributed by atoms with van der Waals surface area (Å²) in [6.45, 7) is 2.25. The highest BCUT2D eigenvalue weighted by molar-refractivity contribution is 7.97. The van der Waals surface area contributed by atoms with Crippen LogP contribution in [0.25, 0.3) is 0 Å². The molecular weight excluding hydrogens is 370 g/mol. The zero-order valence-electron chi connectivity index (χ0n) is 13.9. The summed E-state index contributed by atoms with van der Waals surface area (Å²) in [7, 11) is 0. The number of carboxylic acids is 1. The Bertz CT molecular complexity index is 793. The van der Waals surface area contributed by atoms with Crippen LogP contribution >= 0.6 is 11.9 Å². The number of halogens is 4. The van der Waals surface area contributed by atoms with E-state index in [0.717, 1.165) is 17.0 Å². The summed E-state index contributed by atoms with van der Waals surface area (Å²) in [5.74, 6) is -2.26. The van der Waals surface area contributed by atoms with Gasteiger partial charge in [-0.15, -0.1) is 0 Å². The van der Waals surface area contributed by atoms with Crippen LogP contribution in [0, 0.1) is 12.7 Å². The van der Waals surface area contributed by atoms with Gasteiger partial charge in [-0.3, -0.25) is 4.72 Å². The topological polar surface area (TPSA) is 49.3 Å². The smallest absolute Gasteiger partial charge is 0.419 e. The van der Waals surface area contributed by atoms with Crippen LogP contribution < -0.4 is 4.72 Å². The van der Waals surface area contributed by atoms with Gasteiger partial charge in [0.05, 0.1) is 11.1 Å². The minimum Gasteiger partial charge on any atom is -0.478 e. The van der Waals surface area contributed by atoms with Crippen molar-refractivity contribution < 1.29 is 27.5 Å². The minimum absolute atomic E-state index is 0.233. The molecule has 140 valence electrons. The number of aryl methyl sites for hydroxylation is 2. The molecule has 0 saturated heterocycles. The van der Waals surface area contributed by atoms with Gasteiger partial charge in [-0.05, 0) is 67.1 Å². The molecule has 0 heterocycles. The summed E-state index contributed by atoms with van der Waals surface area (Å²) >= 11 is 1.27. The van der Waals surface area contributed by atoms with Crippen molar-refractivity contribution in [2.45, 2.75) is 30.8 Å². The summed E-state index contributed by atoms with van der Waals surface area (Å²) in [5, 5.41) is 9.09. The van der Waals surface area contributed by atoms with Gasteiger partial charge in [0.15, 0.2) is 0 Å². The number of carboxylic acid groups (broad SMARTS) is 1. The van der Waals surface area contributed by atoms with Crippen molar-refractivity contribution in [1.82, 2.24) is 4.72 Å². The van der Waals surface area contributed by atoms with E-state index in [1.165, 1.54) is 18.0 Å². The lowest BCUT2D eigenvalue weighted by molar-refractivity contribution is -0.140. The standard InChI is InChI=1S/C18H17F4NO2S/c1-11-4-6-13(10-14(11)17(24)25)26-23-8-2-3-12-5-7-15(16(19)9-12)18(20,21)22/h4-7,9-10,23H,2-3,8H2,1H3,(H,24,25). The average Bonchev–Trinajstić information content (AvgIpc) is 2.54. The van der Waals surface area contributed by atoms with Crippen LogP contribution in [0.15, 0.2) is 41.3 Å². The van der Waals surface area contributed by atoms with Crippen molar-refractivity contribution >= 4 is 17.9 Å². The molecule has 0 unspecified atom stereocenters. The van der Waals surface area contributed by atoms with E-state index in [4.69, 9.17) is 5.11 Å². The van der Waals surface area contributed by atoms with Crippen molar-refractivity contribution in [2.75, 3.05) is 6.54 Å². The molecule has 0 aliphatic heterocycles. The molecule has 0 spiro atoms. The Labute approximate surface area is 152 Å². The number of benzene rings is 2. The highest BCUT2D eigenvalue weighted by Crippen LogP contribution is 2.31. The minimum atomic E-state index is -4.69. The zero-order valence-corrected chi connectivity index (χ0v) is 14.7. The molecule has 0 aliphatic rings. The first kappa shape index (κ1) is 20.3. The van der Waals surface area contributed by atoms with E-state index in [2.05, 4.69) is 4.72 Å². The summed E-state index contributed by atoms with van der Waals surface area (Å²) < 4.78 is 54.1. The van der Waals surface area contributed by atoms with Crippen LogP contribution in [-0.4, -0.2) is 17.6 Å². The molecule has 0 amide bonds. The fourth-order valence-corrected chi connectivity index (χ4v) is 3.06. The molecule has 0 fully saturated rings. The fraction of sp³-hybridized carbons (Fsp3) is 0.278. The molecule has 8 heteroatoms. The maximum atomic E-state index is 13.5. The number of carbonyl (C=O) groups is 1. The number of alkyl halides is 3. The third-order valence-electron chi connectivity index (χ3n) is 3.71. The Morgan fingerprint density at radius 1 is 1.19 bits per heavy atom. The van der Waals surface area contributed by atoms with Gasteiger partial charge < -0.3 is 5.11 Å². The second-order valence-electron chi connectivity index (χ2n) is 5.69. The van der Waals surface area contributed by atoms with Gasteiger partial charge in [0.25, 0.3) is 0 Å². The number of nitrogens with one attached hydrogen (secondary N) is 1. The Morgan fingerprint density at radius 2 is 1.92 bits per heavy atom. The average molecular weight is 387 g/mol. The Morgan fingerprint density at radius 3 is 2.54 bits per heavy atom. The molecule has 26 heavy (non-hydrogen) atoms. The maximum absolute atomic E-state index is 13.5. The van der Waals surface area contributed by atoms with Crippen molar-refractivity contribution in [3.8, 4) is 0 Å². The number of rotatable bonds is 7. The molecule has 3 nitrogen and oxygen atoms in total. The van der Waals surface area contributed by atoms with Crippen molar-refractivity contribution in [3.63, 3.8) is 0 Å².